The second-order valence-corrected chi connectivity index (χ2v) is 7.63. The van der Waals surface area contributed by atoms with Crippen molar-refractivity contribution < 1.29 is 4.79 Å². The van der Waals surface area contributed by atoms with Crippen LogP contribution in [0.1, 0.15) is 52.4 Å². The Kier molecular flexibility index (Phi) is 6.69. The van der Waals surface area contributed by atoms with Gasteiger partial charge in [-0.1, -0.05) is 19.8 Å². The topological polar surface area (TPSA) is 32.3 Å². The first-order valence-electron chi connectivity index (χ1n) is 8.33. The summed E-state index contributed by atoms with van der Waals surface area (Å²) in [5, 5.41) is 3.72. The van der Waals surface area contributed by atoms with E-state index in [0.29, 0.717) is 23.9 Å². The molecule has 1 atom stereocenters. The lowest BCUT2D eigenvalue weighted by atomic mass is 10.0. The summed E-state index contributed by atoms with van der Waals surface area (Å²) < 4.78 is 0. The lowest BCUT2D eigenvalue weighted by Crippen LogP contribution is -2.48. The van der Waals surface area contributed by atoms with Crippen molar-refractivity contribution in [1.29, 1.82) is 0 Å². The van der Waals surface area contributed by atoms with Crippen molar-refractivity contribution in [3.8, 4) is 0 Å². The molecule has 0 aromatic rings. The summed E-state index contributed by atoms with van der Waals surface area (Å²) in [7, 11) is 0. The van der Waals surface area contributed by atoms with E-state index in [0.717, 1.165) is 38.8 Å². The number of carbonyl (C=O) groups excluding carboxylic acids is 1. The van der Waals surface area contributed by atoms with Gasteiger partial charge in [-0.15, -0.1) is 0 Å². The van der Waals surface area contributed by atoms with Gasteiger partial charge in [0.2, 0.25) is 5.91 Å². The molecule has 1 saturated carbocycles. The summed E-state index contributed by atoms with van der Waals surface area (Å²) in [6, 6.07) is 1.19. The zero-order valence-electron chi connectivity index (χ0n) is 13.1. The molecule has 2 rings (SSSR count). The van der Waals surface area contributed by atoms with Crippen molar-refractivity contribution in [3.05, 3.63) is 0 Å². The predicted molar refractivity (Wildman–Crippen MR) is 87.2 cm³/mol. The Balaban J connectivity index is 1.68. The molecule has 0 radical (unpaired) electrons. The number of nitrogens with zero attached hydrogens (tertiary/aromatic N) is 1. The van der Waals surface area contributed by atoms with Gasteiger partial charge in [0, 0.05) is 36.8 Å². The van der Waals surface area contributed by atoms with Crippen molar-refractivity contribution in [2.24, 2.45) is 5.92 Å². The van der Waals surface area contributed by atoms with Crippen LogP contribution in [0.2, 0.25) is 0 Å². The number of piperidine rings is 1. The molecule has 1 aliphatic carbocycles. The Hall–Kier alpha value is -0.220. The van der Waals surface area contributed by atoms with Crippen molar-refractivity contribution in [2.45, 2.75) is 64.5 Å². The Labute approximate surface area is 128 Å². The molecule has 0 aromatic heterocycles. The third kappa shape index (κ3) is 4.66. The van der Waals surface area contributed by atoms with Gasteiger partial charge >= 0.3 is 0 Å². The highest BCUT2D eigenvalue weighted by Gasteiger charge is 2.30. The number of likely N-dealkylation sites (tertiary alicyclic amines) is 1. The number of hydrogen-bond donors (Lipinski definition) is 1. The minimum atomic E-state index is 0.347. The highest BCUT2D eigenvalue weighted by atomic mass is 32.2. The maximum atomic E-state index is 12.4. The molecule has 2 aliphatic rings. The summed E-state index contributed by atoms with van der Waals surface area (Å²) in [6.45, 7) is 6.41. The lowest BCUT2D eigenvalue weighted by Gasteiger charge is -2.35. The van der Waals surface area contributed by atoms with Gasteiger partial charge in [-0.05, 0) is 38.4 Å². The average Bonchev–Trinajstić information content (AvgIpc) is 2.99. The maximum absolute atomic E-state index is 12.4. The van der Waals surface area contributed by atoms with Gasteiger partial charge in [0.25, 0.3) is 0 Å². The molecule has 0 bridgehead atoms. The van der Waals surface area contributed by atoms with E-state index in [1.54, 1.807) is 0 Å². The molecule has 3 nitrogen and oxygen atoms in total. The van der Waals surface area contributed by atoms with E-state index < -0.39 is 0 Å². The molecule has 1 aliphatic heterocycles. The van der Waals surface area contributed by atoms with Gasteiger partial charge < -0.3 is 10.2 Å². The molecule has 0 aromatic carbocycles. The van der Waals surface area contributed by atoms with E-state index in [9.17, 15) is 4.79 Å². The normalized spacial score (nSPS) is 23.2. The van der Waals surface area contributed by atoms with Gasteiger partial charge in [-0.25, -0.2) is 0 Å². The Morgan fingerprint density at radius 2 is 1.90 bits per heavy atom. The van der Waals surface area contributed by atoms with Crippen LogP contribution in [0.4, 0.5) is 0 Å². The Morgan fingerprint density at radius 3 is 2.50 bits per heavy atom. The Bertz CT molecular complexity index is 297. The highest BCUT2D eigenvalue weighted by molar-refractivity contribution is 7.99. The molecule has 0 unspecified atom stereocenters. The standard InChI is InChI=1S/C16H30N2OS/c1-3-20-12-13(2)17-15-8-10-18(11-9-15)16(19)14-6-4-5-7-14/h13-15,17H,3-12H2,1-2H3/t13-/m1/s1. The first kappa shape index (κ1) is 16.2. The zero-order chi connectivity index (χ0) is 14.4. The predicted octanol–water partition coefficient (Wildman–Crippen LogP) is 2.90. The summed E-state index contributed by atoms with van der Waals surface area (Å²) >= 11 is 2.00. The zero-order valence-corrected chi connectivity index (χ0v) is 13.9. The fourth-order valence-corrected chi connectivity index (χ4v) is 4.13. The molecule has 0 spiro atoms. The van der Waals surface area contributed by atoms with Crippen LogP contribution in [0.15, 0.2) is 0 Å². The fourth-order valence-electron chi connectivity index (χ4n) is 3.44. The van der Waals surface area contributed by atoms with E-state index in [-0.39, 0.29) is 0 Å². The lowest BCUT2D eigenvalue weighted by molar-refractivity contribution is -0.136. The van der Waals surface area contributed by atoms with E-state index in [4.69, 9.17) is 0 Å². The first-order valence-corrected chi connectivity index (χ1v) is 9.48. The smallest absolute Gasteiger partial charge is 0.225 e. The minimum Gasteiger partial charge on any atom is -0.342 e. The molecular weight excluding hydrogens is 268 g/mol. The highest BCUT2D eigenvalue weighted by Crippen LogP contribution is 2.27. The third-order valence-corrected chi connectivity index (χ3v) is 5.75. The number of amides is 1. The van der Waals surface area contributed by atoms with Crippen LogP contribution >= 0.6 is 11.8 Å². The number of rotatable bonds is 6. The maximum Gasteiger partial charge on any atom is 0.225 e. The summed E-state index contributed by atoms with van der Waals surface area (Å²) in [4.78, 5) is 14.5. The first-order chi connectivity index (χ1) is 9.70. The molecular formula is C16H30N2OS. The largest absolute Gasteiger partial charge is 0.342 e. The third-order valence-electron chi connectivity index (χ3n) is 4.60. The van der Waals surface area contributed by atoms with Crippen LogP contribution in [0.25, 0.3) is 0 Å². The van der Waals surface area contributed by atoms with Gasteiger partial charge in [0.15, 0.2) is 0 Å². The summed E-state index contributed by atoms with van der Waals surface area (Å²) in [5.74, 6) is 3.17. The van der Waals surface area contributed by atoms with Gasteiger partial charge in [-0.2, -0.15) is 11.8 Å². The number of nitrogens with one attached hydrogen (secondary N) is 1. The number of thioether (sulfide) groups is 1. The Morgan fingerprint density at radius 1 is 1.25 bits per heavy atom. The van der Waals surface area contributed by atoms with Crippen molar-refractivity contribution in [2.75, 3.05) is 24.6 Å². The second kappa shape index (κ2) is 8.28. The van der Waals surface area contributed by atoms with E-state index in [1.165, 1.54) is 24.3 Å². The van der Waals surface area contributed by atoms with Gasteiger partial charge in [0.1, 0.15) is 0 Å². The van der Waals surface area contributed by atoms with Gasteiger partial charge in [-0.3, -0.25) is 4.79 Å². The molecule has 20 heavy (non-hydrogen) atoms. The van der Waals surface area contributed by atoms with Crippen LogP contribution in [0.3, 0.4) is 0 Å². The SMILES string of the molecule is CCSC[C@@H](C)NC1CCN(C(=O)C2CCCC2)CC1. The minimum absolute atomic E-state index is 0.347. The van der Waals surface area contributed by atoms with Crippen LogP contribution in [-0.4, -0.2) is 47.5 Å². The molecule has 4 heteroatoms. The molecule has 1 amide bonds. The molecule has 2 fully saturated rings. The molecule has 1 heterocycles. The quantitative estimate of drug-likeness (QED) is 0.818. The van der Waals surface area contributed by atoms with Crippen molar-refractivity contribution in [1.82, 2.24) is 10.2 Å². The van der Waals surface area contributed by atoms with E-state index in [1.807, 2.05) is 11.8 Å². The molecule has 1 N–H and O–H groups in total. The van der Waals surface area contributed by atoms with E-state index in [2.05, 4.69) is 24.1 Å². The monoisotopic (exact) mass is 298 g/mol. The van der Waals surface area contributed by atoms with Crippen LogP contribution in [0.5, 0.6) is 0 Å². The summed E-state index contributed by atoms with van der Waals surface area (Å²) in [6.07, 6.45) is 7.01. The van der Waals surface area contributed by atoms with Crippen LogP contribution in [-0.2, 0) is 4.79 Å². The van der Waals surface area contributed by atoms with Crippen LogP contribution in [0, 0.1) is 5.92 Å². The van der Waals surface area contributed by atoms with E-state index >= 15 is 0 Å². The summed E-state index contributed by atoms with van der Waals surface area (Å²) in [5.41, 5.74) is 0. The molecule has 1 saturated heterocycles. The van der Waals surface area contributed by atoms with Crippen molar-refractivity contribution >= 4 is 17.7 Å². The average molecular weight is 298 g/mol. The number of carbonyl (C=O) groups is 1. The van der Waals surface area contributed by atoms with Gasteiger partial charge in [0.05, 0.1) is 0 Å². The molecule has 116 valence electrons. The van der Waals surface area contributed by atoms with Crippen LogP contribution < -0.4 is 5.32 Å². The number of hydrogen-bond acceptors (Lipinski definition) is 3. The van der Waals surface area contributed by atoms with Crippen molar-refractivity contribution in [3.63, 3.8) is 0 Å². The fraction of sp³-hybridized carbons (Fsp3) is 0.938. The second-order valence-electron chi connectivity index (χ2n) is 6.31.